The smallest absolute Gasteiger partial charge is 0.372 e. The minimum absolute atomic E-state index is 0.0660. The van der Waals surface area contributed by atoms with E-state index in [0.29, 0.717) is 6.08 Å². The zero-order chi connectivity index (χ0) is 18.0. The van der Waals surface area contributed by atoms with Crippen molar-refractivity contribution in [3.05, 3.63) is 81.7 Å². The molecule has 24 heavy (non-hydrogen) atoms. The topological polar surface area (TPSA) is 63.4 Å². The van der Waals surface area contributed by atoms with Gasteiger partial charge in [0.15, 0.2) is 0 Å². The van der Waals surface area contributed by atoms with Gasteiger partial charge in [0.25, 0.3) is 5.69 Å². The van der Waals surface area contributed by atoms with E-state index in [1.807, 2.05) is 0 Å². The Balaban J connectivity index is 2.58. The first-order chi connectivity index (χ1) is 11.1. The van der Waals surface area contributed by atoms with Gasteiger partial charge in [0.05, 0.1) is 10.5 Å². The number of hydrogen-bond acceptors (Lipinski definition) is 3. The third-order valence-corrected chi connectivity index (χ3v) is 3.31. The molecule has 2 rings (SSSR count). The van der Waals surface area contributed by atoms with Crippen LogP contribution >= 0.6 is 0 Å². The Morgan fingerprint density at radius 2 is 1.75 bits per heavy atom. The maximum Gasteiger partial charge on any atom is 0.425 e. The predicted octanol–water partition coefficient (Wildman–Crippen LogP) is 4.20. The van der Waals surface area contributed by atoms with E-state index in [1.54, 1.807) is 0 Å². The van der Waals surface area contributed by atoms with Crippen molar-refractivity contribution in [2.75, 3.05) is 0 Å². The summed E-state index contributed by atoms with van der Waals surface area (Å²) in [5.74, 6) is -0.668. The second kappa shape index (κ2) is 6.40. The van der Waals surface area contributed by atoms with E-state index >= 15 is 0 Å². The zero-order valence-corrected chi connectivity index (χ0v) is 12.0. The lowest BCUT2D eigenvalue weighted by molar-refractivity contribution is -0.388. The van der Waals surface area contributed by atoms with Gasteiger partial charge in [0.2, 0.25) is 5.60 Å². The Bertz CT molecular complexity index is 789. The van der Waals surface area contributed by atoms with E-state index in [9.17, 15) is 32.8 Å². The molecule has 2 aromatic carbocycles. The van der Waals surface area contributed by atoms with Crippen LogP contribution in [0.25, 0.3) is 6.08 Å². The molecule has 0 fully saturated rings. The van der Waals surface area contributed by atoms with Gasteiger partial charge in [-0.3, -0.25) is 10.1 Å². The van der Waals surface area contributed by atoms with E-state index in [-0.39, 0.29) is 5.56 Å². The summed E-state index contributed by atoms with van der Waals surface area (Å²) in [5.41, 5.74) is -5.32. The van der Waals surface area contributed by atoms with Crippen molar-refractivity contribution in [1.82, 2.24) is 0 Å². The molecule has 1 unspecified atom stereocenters. The second-order valence-corrected chi connectivity index (χ2v) is 4.93. The van der Waals surface area contributed by atoms with Gasteiger partial charge in [0, 0.05) is 6.07 Å². The molecular weight excluding hydrogens is 330 g/mol. The SMILES string of the molecule is O=[N+]([O-])c1ccccc1C(O)(C=Cc1cccc(F)c1)C(F)(F)F. The Kier molecular flexibility index (Phi) is 4.70. The first-order valence-corrected chi connectivity index (χ1v) is 6.63. The number of aliphatic hydroxyl groups is 1. The van der Waals surface area contributed by atoms with E-state index in [0.717, 1.165) is 36.4 Å². The summed E-state index contributed by atoms with van der Waals surface area (Å²) in [6.07, 6.45) is -4.00. The Labute approximate surface area is 133 Å². The van der Waals surface area contributed by atoms with Crippen LogP contribution in [0.1, 0.15) is 11.1 Å². The number of para-hydroxylation sites is 1. The van der Waals surface area contributed by atoms with Crippen LogP contribution in [0.15, 0.2) is 54.6 Å². The van der Waals surface area contributed by atoms with Crippen LogP contribution in [-0.4, -0.2) is 16.2 Å². The summed E-state index contributed by atoms with van der Waals surface area (Å²) in [4.78, 5) is 9.96. The summed E-state index contributed by atoms with van der Waals surface area (Å²) in [5, 5.41) is 21.1. The molecule has 0 amide bonds. The lowest BCUT2D eigenvalue weighted by Crippen LogP contribution is -2.40. The quantitative estimate of drug-likeness (QED) is 0.515. The maximum atomic E-state index is 13.4. The van der Waals surface area contributed by atoms with Gasteiger partial charge >= 0.3 is 6.18 Å². The Hall–Kier alpha value is -2.74. The monoisotopic (exact) mass is 341 g/mol. The van der Waals surface area contributed by atoms with Crippen molar-refractivity contribution in [3.8, 4) is 0 Å². The first kappa shape index (κ1) is 17.6. The fourth-order valence-electron chi connectivity index (χ4n) is 2.12. The Morgan fingerprint density at radius 3 is 2.33 bits per heavy atom. The van der Waals surface area contributed by atoms with Crippen LogP contribution in [0.2, 0.25) is 0 Å². The molecule has 0 spiro atoms. The second-order valence-electron chi connectivity index (χ2n) is 4.93. The summed E-state index contributed by atoms with van der Waals surface area (Å²) >= 11 is 0. The van der Waals surface area contributed by atoms with Gasteiger partial charge in [-0.1, -0.05) is 30.3 Å². The highest BCUT2D eigenvalue weighted by molar-refractivity contribution is 5.55. The fraction of sp³-hybridized carbons (Fsp3) is 0.125. The average Bonchev–Trinajstić information content (AvgIpc) is 2.51. The molecule has 4 nitrogen and oxygen atoms in total. The van der Waals surface area contributed by atoms with Gasteiger partial charge in [-0.2, -0.15) is 13.2 Å². The summed E-state index contributed by atoms with van der Waals surface area (Å²) in [6, 6.07) is 8.71. The van der Waals surface area contributed by atoms with Crippen molar-refractivity contribution in [3.63, 3.8) is 0 Å². The highest BCUT2D eigenvalue weighted by Gasteiger charge is 2.55. The molecule has 0 aliphatic rings. The van der Waals surface area contributed by atoms with E-state index in [4.69, 9.17) is 0 Å². The normalized spacial score (nSPS) is 14.5. The van der Waals surface area contributed by atoms with Crippen LogP contribution in [-0.2, 0) is 5.60 Å². The van der Waals surface area contributed by atoms with Gasteiger partial charge in [-0.05, 0) is 29.8 Å². The molecule has 1 atom stereocenters. The number of hydrogen-bond donors (Lipinski definition) is 1. The van der Waals surface area contributed by atoms with Gasteiger partial charge in [0.1, 0.15) is 5.82 Å². The lowest BCUT2D eigenvalue weighted by atomic mass is 9.90. The predicted molar refractivity (Wildman–Crippen MR) is 78.5 cm³/mol. The minimum Gasteiger partial charge on any atom is -0.372 e. The molecule has 0 saturated carbocycles. The van der Waals surface area contributed by atoms with Crippen LogP contribution in [0.4, 0.5) is 23.2 Å². The zero-order valence-electron chi connectivity index (χ0n) is 12.0. The molecule has 0 aromatic heterocycles. The standard InChI is InChI=1S/C16H11F4NO3/c17-12-5-3-4-11(10-12)8-9-15(22,16(18,19)20)13-6-1-2-7-14(13)21(23)24/h1-10,22H. The maximum absolute atomic E-state index is 13.4. The highest BCUT2D eigenvalue weighted by atomic mass is 19.4. The number of nitrogens with zero attached hydrogens (tertiary/aromatic N) is 1. The van der Waals surface area contributed by atoms with Crippen molar-refractivity contribution in [2.45, 2.75) is 11.8 Å². The molecule has 0 aliphatic carbocycles. The number of nitro groups is 1. The number of alkyl halides is 3. The largest absolute Gasteiger partial charge is 0.425 e. The molecule has 0 saturated heterocycles. The number of halogens is 4. The Morgan fingerprint density at radius 1 is 1.08 bits per heavy atom. The van der Waals surface area contributed by atoms with E-state index in [1.165, 1.54) is 18.2 Å². The third-order valence-electron chi connectivity index (χ3n) is 3.31. The van der Waals surface area contributed by atoms with E-state index in [2.05, 4.69) is 0 Å². The van der Waals surface area contributed by atoms with Crippen LogP contribution in [0.3, 0.4) is 0 Å². The van der Waals surface area contributed by atoms with Crippen LogP contribution in [0.5, 0.6) is 0 Å². The molecule has 8 heteroatoms. The summed E-state index contributed by atoms with van der Waals surface area (Å²) in [7, 11) is 0. The number of benzene rings is 2. The van der Waals surface area contributed by atoms with Gasteiger partial charge < -0.3 is 5.11 Å². The molecule has 1 N–H and O–H groups in total. The molecule has 0 aliphatic heterocycles. The molecular formula is C16H11F4NO3. The molecule has 0 bridgehead atoms. The van der Waals surface area contributed by atoms with Gasteiger partial charge in [-0.25, -0.2) is 4.39 Å². The van der Waals surface area contributed by atoms with Crippen molar-refractivity contribution in [1.29, 1.82) is 0 Å². The van der Waals surface area contributed by atoms with Crippen molar-refractivity contribution in [2.24, 2.45) is 0 Å². The number of rotatable bonds is 4. The minimum atomic E-state index is -5.22. The first-order valence-electron chi connectivity index (χ1n) is 6.63. The van der Waals surface area contributed by atoms with Crippen molar-refractivity contribution < 1.29 is 27.6 Å². The summed E-state index contributed by atoms with van der Waals surface area (Å²) in [6.45, 7) is 0. The lowest BCUT2D eigenvalue weighted by Gasteiger charge is -2.27. The highest BCUT2D eigenvalue weighted by Crippen LogP contribution is 2.43. The third kappa shape index (κ3) is 3.43. The molecule has 0 radical (unpaired) electrons. The fourth-order valence-corrected chi connectivity index (χ4v) is 2.12. The van der Waals surface area contributed by atoms with Crippen LogP contribution in [0, 0.1) is 15.9 Å². The van der Waals surface area contributed by atoms with Crippen molar-refractivity contribution >= 4 is 11.8 Å². The number of nitro benzene ring substituents is 1. The molecule has 2 aromatic rings. The average molecular weight is 341 g/mol. The summed E-state index contributed by atoms with van der Waals surface area (Å²) < 4.78 is 53.4. The van der Waals surface area contributed by atoms with Crippen LogP contribution < -0.4 is 0 Å². The van der Waals surface area contributed by atoms with Gasteiger partial charge in [-0.15, -0.1) is 0 Å². The molecule has 0 heterocycles. The van der Waals surface area contributed by atoms with E-state index < -0.39 is 33.8 Å². The molecule has 126 valence electrons.